The number of hydrogen-bond donors (Lipinski definition) is 0. The van der Waals surface area contributed by atoms with Gasteiger partial charge in [0.2, 0.25) is 11.8 Å². The fourth-order valence-electron chi connectivity index (χ4n) is 4.47. The van der Waals surface area contributed by atoms with Crippen LogP contribution in [0.3, 0.4) is 0 Å². The summed E-state index contributed by atoms with van der Waals surface area (Å²) in [6.07, 6.45) is 8.29. The molecule has 134 valence electrons. The topological polar surface area (TPSA) is 53.5 Å². The van der Waals surface area contributed by atoms with Crippen molar-refractivity contribution in [3.05, 3.63) is 30.1 Å². The molecule has 0 bridgehead atoms. The van der Waals surface area contributed by atoms with Crippen LogP contribution in [0.25, 0.3) is 0 Å². The molecule has 2 aliphatic heterocycles. The summed E-state index contributed by atoms with van der Waals surface area (Å²) in [6, 6.07) is 3.96. The van der Waals surface area contributed by atoms with Crippen molar-refractivity contribution in [2.75, 3.05) is 19.6 Å². The van der Waals surface area contributed by atoms with Crippen LogP contribution in [0.5, 0.6) is 0 Å². The van der Waals surface area contributed by atoms with Crippen molar-refractivity contribution < 1.29 is 9.59 Å². The Labute approximate surface area is 149 Å². The first-order valence-corrected chi connectivity index (χ1v) is 9.52. The Hall–Kier alpha value is -1.91. The molecule has 5 nitrogen and oxygen atoms in total. The number of carbonyl (C=O) groups excluding carboxylic acids is 2. The van der Waals surface area contributed by atoms with E-state index in [4.69, 9.17) is 0 Å². The van der Waals surface area contributed by atoms with Gasteiger partial charge in [-0.2, -0.15) is 0 Å². The molecule has 0 radical (unpaired) electrons. The highest BCUT2D eigenvalue weighted by Crippen LogP contribution is 2.43. The first-order chi connectivity index (χ1) is 12.1. The van der Waals surface area contributed by atoms with Gasteiger partial charge in [0.15, 0.2) is 0 Å². The number of likely N-dealkylation sites (tertiary alicyclic amines) is 2. The SMILES string of the molecule is C[C@@H]1C[C@@H]1C(=O)N1CCC2(CCC(=O)N(Cc3ccncc3)C2)CC1. The average molecular weight is 341 g/mol. The lowest BCUT2D eigenvalue weighted by molar-refractivity contribution is -0.143. The average Bonchev–Trinajstić information content (AvgIpc) is 3.36. The molecule has 3 aliphatic rings. The quantitative estimate of drug-likeness (QED) is 0.849. The lowest BCUT2D eigenvalue weighted by Crippen LogP contribution is -2.52. The molecular weight excluding hydrogens is 314 g/mol. The number of carbonyl (C=O) groups is 2. The summed E-state index contributed by atoms with van der Waals surface area (Å²) < 4.78 is 0. The summed E-state index contributed by atoms with van der Waals surface area (Å²) in [5.74, 6) is 1.48. The summed E-state index contributed by atoms with van der Waals surface area (Å²) >= 11 is 0. The highest BCUT2D eigenvalue weighted by molar-refractivity contribution is 5.81. The van der Waals surface area contributed by atoms with E-state index in [2.05, 4.69) is 16.8 Å². The van der Waals surface area contributed by atoms with Crippen LogP contribution < -0.4 is 0 Å². The zero-order valence-corrected chi connectivity index (χ0v) is 15.0. The second-order valence-corrected chi connectivity index (χ2v) is 8.25. The van der Waals surface area contributed by atoms with Gasteiger partial charge >= 0.3 is 0 Å². The number of aromatic nitrogens is 1. The van der Waals surface area contributed by atoms with Crippen LogP contribution in [-0.2, 0) is 16.1 Å². The number of nitrogens with zero attached hydrogens (tertiary/aromatic N) is 3. The van der Waals surface area contributed by atoms with Crippen molar-refractivity contribution >= 4 is 11.8 Å². The summed E-state index contributed by atoms with van der Waals surface area (Å²) in [4.78, 5) is 33.0. The van der Waals surface area contributed by atoms with Crippen molar-refractivity contribution in [1.29, 1.82) is 0 Å². The van der Waals surface area contributed by atoms with Gasteiger partial charge in [-0.3, -0.25) is 14.6 Å². The lowest BCUT2D eigenvalue weighted by atomic mass is 9.72. The van der Waals surface area contributed by atoms with E-state index in [1.54, 1.807) is 12.4 Å². The van der Waals surface area contributed by atoms with Crippen LogP contribution in [0.1, 0.15) is 44.6 Å². The smallest absolute Gasteiger partial charge is 0.225 e. The van der Waals surface area contributed by atoms with Crippen LogP contribution >= 0.6 is 0 Å². The minimum absolute atomic E-state index is 0.201. The van der Waals surface area contributed by atoms with Gasteiger partial charge in [-0.25, -0.2) is 0 Å². The zero-order chi connectivity index (χ0) is 17.4. The molecule has 0 aromatic carbocycles. The van der Waals surface area contributed by atoms with Crippen LogP contribution in [0, 0.1) is 17.3 Å². The van der Waals surface area contributed by atoms with Crippen molar-refractivity contribution in [3.63, 3.8) is 0 Å². The van der Waals surface area contributed by atoms with E-state index >= 15 is 0 Å². The Balaban J connectivity index is 1.38. The predicted octanol–water partition coefficient (Wildman–Crippen LogP) is 2.47. The van der Waals surface area contributed by atoms with Gasteiger partial charge in [0.1, 0.15) is 0 Å². The second-order valence-electron chi connectivity index (χ2n) is 8.25. The standard InChI is InChI=1S/C20H27N3O2/c1-15-12-17(15)19(25)22-10-6-20(7-11-22)5-2-18(24)23(14-20)13-16-3-8-21-9-4-16/h3-4,8-9,15,17H,2,5-7,10-14H2,1H3/t15-,17+/m1/s1. The van der Waals surface area contributed by atoms with Gasteiger partial charge in [0.05, 0.1) is 0 Å². The Morgan fingerprint density at radius 3 is 2.56 bits per heavy atom. The number of piperidine rings is 2. The molecule has 1 aliphatic carbocycles. The highest BCUT2D eigenvalue weighted by Gasteiger charge is 2.45. The van der Waals surface area contributed by atoms with E-state index in [9.17, 15) is 9.59 Å². The van der Waals surface area contributed by atoms with Crippen LogP contribution in [0.4, 0.5) is 0 Å². The maximum Gasteiger partial charge on any atom is 0.225 e. The van der Waals surface area contributed by atoms with Gasteiger partial charge in [0, 0.05) is 50.9 Å². The fraction of sp³-hybridized carbons (Fsp3) is 0.650. The largest absolute Gasteiger partial charge is 0.342 e. The van der Waals surface area contributed by atoms with Crippen molar-refractivity contribution in [2.45, 2.75) is 45.6 Å². The molecule has 5 heteroatoms. The fourth-order valence-corrected chi connectivity index (χ4v) is 4.47. The minimum atomic E-state index is 0.201. The normalized spacial score (nSPS) is 28.3. The summed E-state index contributed by atoms with van der Waals surface area (Å²) in [5, 5.41) is 0. The first kappa shape index (κ1) is 16.6. The van der Waals surface area contributed by atoms with Gasteiger partial charge in [-0.15, -0.1) is 0 Å². The molecule has 1 spiro atoms. The molecular formula is C20H27N3O2. The summed E-state index contributed by atoms with van der Waals surface area (Å²) in [6.45, 7) is 5.39. The molecule has 25 heavy (non-hydrogen) atoms. The Kier molecular flexibility index (Phi) is 4.26. The molecule has 1 saturated carbocycles. The van der Waals surface area contributed by atoms with E-state index in [0.29, 0.717) is 24.8 Å². The molecule has 1 aromatic heterocycles. The van der Waals surface area contributed by atoms with E-state index in [0.717, 1.165) is 50.9 Å². The molecule has 2 saturated heterocycles. The van der Waals surface area contributed by atoms with Crippen molar-refractivity contribution in [1.82, 2.24) is 14.8 Å². The zero-order valence-electron chi connectivity index (χ0n) is 15.0. The number of hydrogen-bond acceptors (Lipinski definition) is 3. The molecule has 0 unspecified atom stereocenters. The third-order valence-corrected chi connectivity index (χ3v) is 6.43. The summed E-state index contributed by atoms with van der Waals surface area (Å²) in [5.41, 5.74) is 1.34. The number of rotatable bonds is 3. The monoisotopic (exact) mass is 341 g/mol. The van der Waals surface area contributed by atoms with Gasteiger partial charge < -0.3 is 9.80 Å². The lowest BCUT2D eigenvalue weighted by Gasteiger charge is -2.47. The van der Waals surface area contributed by atoms with Crippen molar-refractivity contribution in [2.24, 2.45) is 17.3 Å². The molecule has 1 aromatic rings. The van der Waals surface area contributed by atoms with Crippen LogP contribution in [0.2, 0.25) is 0 Å². The maximum atomic E-state index is 12.5. The Morgan fingerprint density at radius 1 is 1.24 bits per heavy atom. The summed E-state index contributed by atoms with van der Waals surface area (Å²) in [7, 11) is 0. The maximum absolute atomic E-state index is 12.5. The molecule has 3 heterocycles. The van der Waals surface area contributed by atoms with Gasteiger partial charge in [0.25, 0.3) is 0 Å². The first-order valence-electron chi connectivity index (χ1n) is 9.52. The number of amides is 2. The minimum Gasteiger partial charge on any atom is -0.342 e. The van der Waals surface area contributed by atoms with Crippen LogP contribution in [0.15, 0.2) is 24.5 Å². The number of pyridine rings is 1. The molecule has 2 amide bonds. The second kappa shape index (κ2) is 6.43. The molecule has 2 atom stereocenters. The van der Waals surface area contributed by atoms with Crippen LogP contribution in [-0.4, -0.2) is 46.2 Å². The van der Waals surface area contributed by atoms with Crippen molar-refractivity contribution in [3.8, 4) is 0 Å². The van der Waals surface area contributed by atoms with E-state index in [1.807, 2.05) is 17.0 Å². The third-order valence-electron chi connectivity index (χ3n) is 6.43. The van der Waals surface area contributed by atoms with E-state index < -0.39 is 0 Å². The molecule has 3 fully saturated rings. The van der Waals surface area contributed by atoms with E-state index in [1.165, 1.54) is 0 Å². The van der Waals surface area contributed by atoms with Gasteiger partial charge in [-0.1, -0.05) is 6.92 Å². The molecule has 4 rings (SSSR count). The predicted molar refractivity (Wildman–Crippen MR) is 94.4 cm³/mol. The Morgan fingerprint density at radius 2 is 1.92 bits per heavy atom. The Bertz CT molecular complexity index is 652. The molecule has 0 N–H and O–H groups in total. The van der Waals surface area contributed by atoms with Gasteiger partial charge in [-0.05, 0) is 54.7 Å². The van der Waals surface area contributed by atoms with E-state index in [-0.39, 0.29) is 17.2 Å². The third kappa shape index (κ3) is 3.42. The highest BCUT2D eigenvalue weighted by atomic mass is 16.2.